The Labute approximate surface area is 125 Å². The summed E-state index contributed by atoms with van der Waals surface area (Å²) < 4.78 is 0. The second kappa shape index (κ2) is 7.14. The van der Waals surface area contributed by atoms with Gasteiger partial charge in [-0.1, -0.05) is 44.9 Å². The molecule has 4 heteroatoms. The van der Waals surface area contributed by atoms with Crippen LogP contribution in [0.2, 0.25) is 0 Å². The second-order valence-corrected chi connectivity index (χ2v) is 6.35. The third kappa shape index (κ3) is 3.36. The monoisotopic (exact) mass is 293 g/mol. The van der Waals surface area contributed by atoms with Gasteiger partial charge in [0, 0.05) is 17.2 Å². The van der Waals surface area contributed by atoms with Gasteiger partial charge in [0.1, 0.15) is 0 Å². The van der Waals surface area contributed by atoms with Crippen LogP contribution in [0.3, 0.4) is 0 Å². The molecule has 1 aromatic rings. The first-order valence-corrected chi connectivity index (χ1v) is 8.33. The Morgan fingerprint density at radius 1 is 1.40 bits per heavy atom. The fraction of sp³-hybridized carbons (Fsp3) is 0.562. The molecule has 0 aliphatic carbocycles. The number of carbonyl (C=O) groups excluding carboxylic acids is 1. The van der Waals surface area contributed by atoms with Crippen molar-refractivity contribution in [3.63, 3.8) is 0 Å². The zero-order chi connectivity index (χ0) is 14.5. The predicted octanol–water partition coefficient (Wildman–Crippen LogP) is 2.79. The van der Waals surface area contributed by atoms with Gasteiger partial charge in [0.05, 0.1) is 12.0 Å². The standard InChI is InChI=1S/C16H23NO2S/c1-3-11(4-2)14(18)9-17-16(19)13-10-20-15-8-6-5-7-12(13)15/h5-8,11,13-14,18H,3-4,9-10H2,1-2H3,(H,17,19). The van der Waals surface area contributed by atoms with Crippen LogP contribution in [-0.2, 0) is 4.79 Å². The van der Waals surface area contributed by atoms with Crippen molar-refractivity contribution in [1.29, 1.82) is 0 Å². The number of hydrogen-bond donors (Lipinski definition) is 2. The Kier molecular flexibility index (Phi) is 5.49. The third-order valence-corrected chi connectivity index (χ3v) is 5.28. The topological polar surface area (TPSA) is 49.3 Å². The lowest BCUT2D eigenvalue weighted by atomic mass is 9.96. The lowest BCUT2D eigenvalue weighted by molar-refractivity contribution is -0.122. The summed E-state index contributed by atoms with van der Waals surface area (Å²) >= 11 is 1.73. The maximum absolute atomic E-state index is 12.3. The molecule has 1 aromatic carbocycles. The highest BCUT2D eigenvalue weighted by molar-refractivity contribution is 7.99. The molecule has 0 fully saturated rings. The van der Waals surface area contributed by atoms with Gasteiger partial charge >= 0.3 is 0 Å². The largest absolute Gasteiger partial charge is 0.391 e. The van der Waals surface area contributed by atoms with Crippen LogP contribution in [0, 0.1) is 5.92 Å². The van der Waals surface area contributed by atoms with Crippen molar-refractivity contribution in [3.8, 4) is 0 Å². The van der Waals surface area contributed by atoms with Gasteiger partial charge in [0.2, 0.25) is 5.91 Å². The van der Waals surface area contributed by atoms with Crippen molar-refractivity contribution < 1.29 is 9.90 Å². The zero-order valence-electron chi connectivity index (χ0n) is 12.1. The minimum absolute atomic E-state index is 0.0347. The molecule has 0 saturated carbocycles. The van der Waals surface area contributed by atoms with Crippen molar-refractivity contribution in [2.75, 3.05) is 12.3 Å². The van der Waals surface area contributed by atoms with Crippen LogP contribution in [0.25, 0.3) is 0 Å². The summed E-state index contributed by atoms with van der Waals surface area (Å²) in [6.07, 6.45) is 1.43. The van der Waals surface area contributed by atoms with Crippen molar-refractivity contribution in [1.82, 2.24) is 5.32 Å². The van der Waals surface area contributed by atoms with Crippen LogP contribution in [0.4, 0.5) is 0 Å². The SMILES string of the molecule is CCC(CC)C(O)CNC(=O)C1CSc2ccccc21. The van der Waals surface area contributed by atoms with E-state index in [1.54, 1.807) is 11.8 Å². The minimum atomic E-state index is -0.446. The van der Waals surface area contributed by atoms with Gasteiger partial charge in [-0.2, -0.15) is 0 Å². The Bertz CT molecular complexity index is 460. The summed E-state index contributed by atoms with van der Waals surface area (Å²) in [6.45, 7) is 4.50. The summed E-state index contributed by atoms with van der Waals surface area (Å²) in [5.74, 6) is 1.02. The van der Waals surface area contributed by atoms with Crippen LogP contribution in [0.5, 0.6) is 0 Å². The second-order valence-electron chi connectivity index (χ2n) is 5.29. The van der Waals surface area contributed by atoms with E-state index < -0.39 is 6.10 Å². The molecule has 0 radical (unpaired) electrons. The number of thioether (sulfide) groups is 1. The van der Waals surface area contributed by atoms with E-state index in [0.717, 1.165) is 24.2 Å². The fourth-order valence-corrected chi connectivity index (χ4v) is 3.94. The van der Waals surface area contributed by atoms with Crippen molar-refractivity contribution in [2.24, 2.45) is 5.92 Å². The van der Waals surface area contributed by atoms with Crippen molar-refractivity contribution >= 4 is 17.7 Å². The molecule has 20 heavy (non-hydrogen) atoms. The van der Waals surface area contributed by atoms with Crippen molar-refractivity contribution in [2.45, 2.75) is 43.6 Å². The number of fused-ring (bicyclic) bond motifs is 1. The zero-order valence-corrected chi connectivity index (χ0v) is 13.0. The summed E-state index contributed by atoms with van der Waals surface area (Å²) in [4.78, 5) is 13.5. The fourth-order valence-electron chi connectivity index (χ4n) is 2.71. The highest BCUT2D eigenvalue weighted by atomic mass is 32.2. The first-order chi connectivity index (χ1) is 9.67. The number of carbonyl (C=O) groups is 1. The maximum Gasteiger partial charge on any atom is 0.228 e. The van der Waals surface area contributed by atoms with Crippen molar-refractivity contribution in [3.05, 3.63) is 29.8 Å². The Morgan fingerprint density at radius 3 is 2.80 bits per heavy atom. The number of amides is 1. The molecule has 1 aliphatic rings. The smallest absolute Gasteiger partial charge is 0.228 e. The van der Waals surface area contributed by atoms with E-state index in [0.29, 0.717) is 6.54 Å². The number of aliphatic hydroxyl groups is 1. The van der Waals surface area contributed by atoms with Crippen LogP contribution in [0.1, 0.15) is 38.2 Å². The molecule has 0 spiro atoms. The van der Waals surface area contributed by atoms with Crippen LogP contribution in [-0.4, -0.2) is 29.4 Å². The number of nitrogens with one attached hydrogen (secondary N) is 1. The van der Waals surface area contributed by atoms with E-state index >= 15 is 0 Å². The molecule has 3 nitrogen and oxygen atoms in total. The van der Waals surface area contributed by atoms with E-state index in [-0.39, 0.29) is 17.7 Å². The van der Waals surface area contributed by atoms with E-state index in [1.807, 2.05) is 18.2 Å². The summed E-state index contributed by atoms with van der Waals surface area (Å²) in [7, 11) is 0. The molecular weight excluding hydrogens is 270 g/mol. The summed E-state index contributed by atoms with van der Waals surface area (Å²) in [5, 5.41) is 13.0. The number of rotatable bonds is 6. The first kappa shape index (κ1) is 15.4. The molecule has 2 unspecified atom stereocenters. The van der Waals surface area contributed by atoms with Gasteiger partial charge in [0.25, 0.3) is 0 Å². The normalized spacial score (nSPS) is 18.9. The van der Waals surface area contributed by atoms with Crippen LogP contribution >= 0.6 is 11.8 Å². The van der Waals surface area contributed by atoms with Crippen LogP contribution < -0.4 is 5.32 Å². The Morgan fingerprint density at radius 2 is 2.10 bits per heavy atom. The molecule has 1 amide bonds. The molecule has 110 valence electrons. The van der Waals surface area contributed by atoms with E-state index in [2.05, 4.69) is 25.2 Å². The first-order valence-electron chi connectivity index (χ1n) is 7.34. The average Bonchev–Trinajstić information content (AvgIpc) is 2.90. The lowest BCUT2D eigenvalue weighted by Gasteiger charge is -2.21. The van der Waals surface area contributed by atoms with Gasteiger partial charge in [-0.3, -0.25) is 4.79 Å². The number of benzene rings is 1. The number of aliphatic hydroxyl groups excluding tert-OH is 1. The molecule has 1 aliphatic heterocycles. The maximum atomic E-state index is 12.3. The van der Waals surface area contributed by atoms with Gasteiger partial charge < -0.3 is 10.4 Å². The predicted molar refractivity (Wildman–Crippen MR) is 83.0 cm³/mol. The molecule has 0 saturated heterocycles. The molecular formula is C16H23NO2S. The lowest BCUT2D eigenvalue weighted by Crippen LogP contribution is -2.38. The van der Waals surface area contributed by atoms with E-state index in [1.165, 1.54) is 4.90 Å². The Balaban J connectivity index is 1.91. The van der Waals surface area contributed by atoms with E-state index in [4.69, 9.17) is 0 Å². The van der Waals surface area contributed by atoms with Gasteiger partial charge in [-0.15, -0.1) is 11.8 Å². The quantitative estimate of drug-likeness (QED) is 0.848. The molecule has 1 heterocycles. The minimum Gasteiger partial charge on any atom is -0.391 e. The summed E-state index contributed by atoms with van der Waals surface area (Å²) in [5.41, 5.74) is 1.12. The molecule has 2 atom stereocenters. The van der Waals surface area contributed by atoms with Crippen LogP contribution in [0.15, 0.2) is 29.2 Å². The van der Waals surface area contributed by atoms with Gasteiger partial charge in [-0.25, -0.2) is 0 Å². The Hall–Kier alpha value is -1.00. The number of hydrogen-bond acceptors (Lipinski definition) is 3. The third-order valence-electron chi connectivity index (χ3n) is 4.09. The average molecular weight is 293 g/mol. The summed E-state index contributed by atoms with van der Waals surface area (Å²) in [6, 6.07) is 8.07. The molecule has 0 bridgehead atoms. The molecule has 2 N–H and O–H groups in total. The molecule has 0 aromatic heterocycles. The molecule has 2 rings (SSSR count). The van der Waals surface area contributed by atoms with Gasteiger partial charge in [-0.05, 0) is 17.5 Å². The highest BCUT2D eigenvalue weighted by Crippen LogP contribution is 2.39. The van der Waals surface area contributed by atoms with E-state index in [9.17, 15) is 9.90 Å². The highest BCUT2D eigenvalue weighted by Gasteiger charge is 2.29. The van der Waals surface area contributed by atoms with Gasteiger partial charge in [0.15, 0.2) is 0 Å².